The number of halogens is 2. The summed E-state index contributed by atoms with van der Waals surface area (Å²) in [6.07, 6.45) is 0. The minimum atomic E-state index is -0.198. The predicted octanol–water partition coefficient (Wildman–Crippen LogP) is 7.08. The molecular weight excluding hydrogens is 403 g/mol. The quantitative estimate of drug-likeness (QED) is 0.384. The van der Waals surface area contributed by atoms with Crippen molar-refractivity contribution in [2.24, 2.45) is 0 Å². The first-order valence-electron chi connectivity index (χ1n) is 9.17. The van der Waals surface area contributed by atoms with Crippen LogP contribution in [0, 0.1) is 13.8 Å². The van der Waals surface area contributed by atoms with E-state index in [1.54, 1.807) is 6.07 Å². The number of pyridine rings is 1. The highest BCUT2D eigenvalue weighted by Gasteiger charge is 2.19. The van der Waals surface area contributed by atoms with Crippen LogP contribution in [0.1, 0.15) is 21.5 Å². The van der Waals surface area contributed by atoms with Gasteiger partial charge < -0.3 is 5.32 Å². The van der Waals surface area contributed by atoms with Crippen LogP contribution in [-0.2, 0) is 0 Å². The lowest BCUT2D eigenvalue weighted by Crippen LogP contribution is -2.15. The van der Waals surface area contributed by atoms with Crippen LogP contribution in [0.2, 0.25) is 10.0 Å². The van der Waals surface area contributed by atoms with Crippen molar-refractivity contribution in [3.63, 3.8) is 0 Å². The molecule has 4 rings (SSSR count). The fraction of sp³-hybridized carbons (Fsp3) is 0.0833. The van der Waals surface area contributed by atoms with Crippen molar-refractivity contribution in [2.75, 3.05) is 5.32 Å². The van der Waals surface area contributed by atoms with Gasteiger partial charge in [-0.25, -0.2) is 4.98 Å². The van der Waals surface area contributed by atoms with Gasteiger partial charge in [0.25, 0.3) is 5.91 Å². The summed E-state index contributed by atoms with van der Waals surface area (Å²) in [5, 5.41) is 5.04. The standard InChI is InChI=1S/C24H18Cl2N2O/c1-14-7-12-18(13-20(14)26)27-24(29)22-15(2)23(16-8-10-17(25)11-9-16)28-21-6-4-3-5-19(21)22/h3-13H,1-2H3,(H,27,29). The molecule has 1 amide bonds. The highest BCUT2D eigenvalue weighted by molar-refractivity contribution is 6.31. The Morgan fingerprint density at radius 2 is 1.66 bits per heavy atom. The summed E-state index contributed by atoms with van der Waals surface area (Å²) < 4.78 is 0. The summed E-state index contributed by atoms with van der Waals surface area (Å²) in [6, 6.07) is 20.6. The molecule has 4 aromatic rings. The SMILES string of the molecule is Cc1ccc(NC(=O)c2c(C)c(-c3ccc(Cl)cc3)nc3ccccc23)cc1Cl. The Bertz CT molecular complexity index is 1230. The fourth-order valence-electron chi connectivity index (χ4n) is 3.35. The summed E-state index contributed by atoms with van der Waals surface area (Å²) in [6.45, 7) is 3.84. The van der Waals surface area contributed by atoms with E-state index in [0.29, 0.717) is 21.3 Å². The van der Waals surface area contributed by atoms with Crippen molar-refractivity contribution in [1.82, 2.24) is 4.98 Å². The van der Waals surface area contributed by atoms with Gasteiger partial charge in [-0.15, -0.1) is 0 Å². The van der Waals surface area contributed by atoms with E-state index in [-0.39, 0.29) is 5.91 Å². The number of aromatic nitrogens is 1. The van der Waals surface area contributed by atoms with E-state index in [2.05, 4.69) is 5.32 Å². The number of anilines is 1. The van der Waals surface area contributed by atoms with Gasteiger partial charge in [-0.2, -0.15) is 0 Å². The number of para-hydroxylation sites is 1. The molecule has 0 unspecified atom stereocenters. The number of benzene rings is 3. The fourth-order valence-corrected chi connectivity index (χ4v) is 3.66. The topological polar surface area (TPSA) is 42.0 Å². The van der Waals surface area contributed by atoms with E-state index >= 15 is 0 Å². The second-order valence-electron chi connectivity index (χ2n) is 6.90. The van der Waals surface area contributed by atoms with Crippen molar-refractivity contribution in [1.29, 1.82) is 0 Å². The second-order valence-corrected chi connectivity index (χ2v) is 7.75. The molecule has 0 spiro atoms. The lowest BCUT2D eigenvalue weighted by Gasteiger charge is -2.15. The third kappa shape index (κ3) is 3.84. The summed E-state index contributed by atoms with van der Waals surface area (Å²) in [4.78, 5) is 18.1. The van der Waals surface area contributed by atoms with Gasteiger partial charge in [0.2, 0.25) is 0 Å². The number of hydrogen-bond donors (Lipinski definition) is 1. The number of carbonyl (C=O) groups excluding carboxylic acids is 1. The van der Waals surface area contributed by atoms with Gasteiger partial charge in [0, 0.05) is 26.7 Å². The van der Waals surface area contributed by atoms with Crippen LogP contribution in [0.4, 0.5) is 5.69 Å². The highest BCUT2D eigenvalue weighted by Crippen LogP contribution is 2.31. The van der Waals surface area contributed by atoms with Gasteiger partial charge >= 0.3 is 0 Å². The molecule has 1 heterocycles. The van der Waals surface area contributed by atoms with Crippen molar-refractivity contribution in [3.05, 3.63) is 93.5 Å². The maximum atomic E-state index is 13.3. The van der Waals surface area contributed by atoms with Gasteiger partial charge in [0.05, 0.1) is 16.8 Å². The molecule has 0 atom stereocenters. The molecule has 0 aliphatic heterocycles. The van der Waals surface area contributed by atoms with E-state index in [9.17, 15) is 4.79 Å². The Morgan fingerprint density at radius 1 is 0.931 bits per heavy atom. The zero-order valence-corrected chi connectivity index (χ0v) is 17.5. The zero-order valence-electron chi connectivity index (χ0n) is 16.0. The molecule has 0 aliphatic rings. The number of nitrogens with one attached hydrogen (secondary N) is 1. The van der Waals surface area contributed by atoms with Crippen molar-refractivity contribution < 1.29 is 4.79 Å². The first kappa shape index (κ1) is 19.4. The molecule has 0 saturated heterocycles. The van der Waals surface area contributed by atoms with Crippen LogP contribution < -0.4 is 5.32 Å². The third-order valence-corrected chi connectivity index (χ3v) is 5.57. The molecule has 0 saturated carbocycles. The molecule has 0 radical (unpaired) electrons. The van der Waals surface area contributed by atoms with Crippen molar-refractivity contribution in [3.8, 4) is 11.3 Å². The van der Waals surface area contributed by atoms with Crippen LogP contribution in [-0.4, -0.2) is 10.9 Å². The van der Waals surface area contributed by atoms with Crippen LogP contribution in [0.3, 0.4) is 0 Å². The molecule has 29 heavy (non-hydrogen) atoms. The summed E-state index contributed by atoms with van der Waals surface area (Å²) in [7, 11) is 0. The molecule has 144 valence electrons. The number of amides is 1. The molecule has 3 nitrogen and oxygen atoms in total. The van der Waals surface area contributed by atoms with Crippen molar-refractivity contribution >= 4 is 45.7 Å². The molecule has 3 aromatic carbocycles. The zero-order chi connectivity index (χ0) is 20.5. The Morgan fingerprint density at radius 3 is 2.38 bits per heavy atom. The average molecular weight is 421 g/mol. The third-order valence-electron chi connectivity index (χ3n) is 4.91. The first-order chi connectivity index (χ1) is 13.9. The molecule has 0 fully saturated rings. The lowest BCUT2D eigenvalue weighted by molar-refractivity contribution is 0.102. The summed E-state index contributed by atoms with van der Waals surface area (Å²) in [5.41, 5.74) is 5.44. The van der Waals surface area contributed by atoms with Crippen molar-refractivity contribution in [2.45, 2.75) is 13.8 Å². The lowest BCUT2D eigenvalue weighted by atomic mass is 9.97. The normalized spacial score (nSPS) is 10.9. The Balaban J connectivity index is 1.85. The number of carbonyl (C=O) groups is 1. The molecule has 1 N–H and O–H groups in total. The predicted molar refractivity (Wildman–Crippen MR) is 121 cm³/mol. The van der Waals surface area contributed by atoms with Gasteiger partial charge in [-0.1, -0.05) is 59.6 Å². The maximum absolute atomic E-state index is 13.3. The molecule has 5 heteroatoms. The largest absolute Gasteiger partial charge is 0.322 e. The molecular formula is C24H18Cl2N2O. The van der Waals surface area contributed by atoms with Gasteiger partial charge in [0.1, 0.15) is 0 Å². The van der Waals surface area contributed by atoms with E-state index in [0.717, 1.165) is 33.3 Å². The molecule has 0 bridgehead atoms. The minimum absolute atomic E-state index is 0.198. The van der Waals surface area contributed by atoms with Crippen LogP contribution in [0.5, 0.6) is 0 Å². The number of aryl methyl sites for hydroxylation is 1. The van der Waals surface area contributed by atoms with Gasteiger partial charge in [-0.3, -0.25) is 4.79 Å². The van der Waals surface area contributed by atoms with Gasteiger partial charge in [0.15, 0.2) is 0 Å². The Labute approximate surface area is 179 Å². The summed E-state index contributed by atoms with van der Waals surface area (Å²) >= 11 is 12.3. The van der Waals surface area contributed by atoms with E-state index in [1.165, 1.54) is 0 Å². The van der Waals surface area contributed by atoms with Gasteiger partial charge in [-0.05, 0) is 55.3 Å². The smallest absolute Gasteiger partial charge is 0.256 e. The first-order valence-corrected chi connectivity index (χ1v) is 9.92. The maximum Gasteiger partial charge on any atom is 0.256 e. The molecule has 0 aliphatic carbocycles. The van der Waals surface area contributed by atoms with Crippen LogP contribution in [0.25, 0.3) is 22.2 Å². The van der Waals surface area contributed by atoms with E-state index in [1.807, 2.05) is 74.5 Å². The highest BCUT2D eigenvalue weighted by atomic mass is 35.5. The average Bonchev–Trinajstić information content (AvgIpc) is 2.71. The number of nitrogens with zero attached hydrogens (tertiary/aromatic N) is 1. The second kappa shape index (κ2) is 7.86. The Kier molecular flexibility index (Phi) is 5.27. The monoisotopic (exact) mass is 420 g/mol. The number of hydrogen-bond acceptors (Lipinski definition) is 2. The van der Waals surface area contributed by atoms with E-state index in [4.69, 9.17) is 28.2 Å². The molecule has 1 aromatic heterocycles. The number of rotatable bonds is 3. The Hall–Kier alpha value is -2.88. The summed E-state index contributed by atoms with van der Waals surface area (Å²) in [5.74, 6) is -0.198. The number of fused-ring (bicyclic) bond motifs is 1. The van der Waals surface area contributed by atoms with Crippen LogP contribution >= 0.6 is 23.2 Å². The van der Waals surface area contributed by atoms with Crippen LogP contribution in [0.15, 0.2) is 66.7 Å². The van der Waals surface area contributed by atoms with E-state index < -0.39 is 0 Å². The minimum Gasteiger partial charge on any atom is -0.322 e.